The lowest BCUT2D eigenvalue weighted by Crippen LogP contribution is -1.90. The lowest BCUT2D eigenvalue weighted by Gasteiger charge is -2.07. The van der Waals surface area contributed by atoms with Crippen LogP contribution in [0.5, 0.6) is 5.75 Å². The molecule has 0 radical (unpaired) electrons. The molecule has 1 aromatic carbocycles. The Kier molecular flexibility index (Phi) is 2.99. The third-order valence-corrected chi connectivity index (χ3v) is 2.69. The van der Waals surface area contributed by atoms with E-state index in [1.54, 1.807) is 18.2 Å². The number of rotatable bonds is 1. The summed E-state index contributed by atoms with van der Waals surface area (Å²) in [4.78, 5) is 3.40. The summed E-state index contributed by atoms with van der Waals surface area (Å²) in [5, 5.41) is 9.87. The molecule has 0 aliphatic heterocycles. The first kappa shape index (κ1) is 11.2. The number of pyridine rings is 1. The Morgan fingerprint density at radius 3 is 2.44 bits per heavy atom. The third-order valence-electron chi connectivity index (χ3n) is 2.06. The van der Waals surface area contributed by atoms with Crippen molar-refractivity contribution in [1.82, 2.24) is 4.98 Å². The molecule has 5 heteroatoms. The zero-order valence-electron chi connectivity index (χ0n) is 7.92. The number of hydrogen-bond donors (Lipinski definition) is 1. The van der Waals surface area contributed by atoms with Crippen molar-refractivity contribution in [3.8, 4) is 16.9 Å². The summed E-state index contributed by atoms with van der Waals surface area (Å²) in [6, 6.07) is 6.07. The van der Waals surface area contributed by atoms with Gasteiger partial charge in [0.05, 0.1) is 16.2 Å². The van der Waals surface area contributed by atoms with E-state index in [2.05, 4.69) is 4.98 Å². The number of halogens is 3. The molecular formula is C11H6Cl2FNO. The Balaban J connectivity index is 2.72. The summed E-state index contributed by atoms with van der Waals surface area (Å²) in [6.45, 7) is 0. The highest BCUT2D eigenvalue weighted by atomic mass is 35.5. The van der Waals surface area contributed by atoms with E-state index in [0.29, 0.717) is 15.6 Å². The van der Waals surface area contributed by atoms with E-state index in [0.717, 1.165) is 6.20 Å². The van der Waals surface area contributed by atoms with Gasteiger partial charge in [-0.25, -0.2) is 4.98 Å². The Hall–Kier alpha value is -1.32. The van der Waals surface area contributed by atoms with Gasteiger partial charge in [0.25, 0.3) is 0 Å². The van der Waals surface area contributed by atoms with Crippen molar-refractivity contribution < 1.29 is 9.50 Å². The van der Waals surface area contributed by atoms with E-state index in [4.69, 9.17) is 23.2 Å². The number of nitrogens with zero attached hydrogens (tertiary/aromatic N) is 1. The summed E-state index contributed by atoms with van der Waals surface area (Å²) in [7, 11) is 0. The fraction of sp³-hybridized carbons (Fsp3) is 0. The Labute approximate surface area is 101 Å². The number of aromatic hydroxyl groups is 1. The molecule has 0 fully saturated rings. The molecule has 16 heavy (non-hydrogen) atoms. The van der Waals surface area contributed by atoms with Crippen LogP contribution in [0, 0.1) is 5.95 Å². The molecule has 0 atom stereocenters. The third kappa shape index (κ3) is 1.96. The zero-order chi connectivity index (χ0) is 11.7. The van der Waals surface area contributed by atoms with E-state index in [1.165, 1.54) is 6.07 Å². The van der Waals surface area contributed by atoms with Crippen molar-refractivity contribution in [1.29, 1.82) is 0 Å². The highest BCUT2D eigenvalue weighted by Gasteiger charge is 2.14. The molecule has 0 aliphatic carbocycles. The monoisotopic (exact) mass is 257 g/mol. The predicted octanol–water partition coefficient (Wildman–Crippen LogP) is 3.90. The van der Waals surface area contributed by atoms with Crippen molar-refractivity contribution in [2.75, 3.05) is 0 Å². The molecule has 0 saturated heterocycles. The van der Waals surface area contributed by atoms with Gasteiger partial charge in [0.2, 0.25) is 5.95 Å². The number of hydrogen-bond acceptors (Lipinski definition) is 2. The molecule has 2 nitrogen and oxygen atoms in total. The molecule has 1 heterocycles. The van der Waals surface area contributed by atoms with Crippen LogP contribution in [0.15, 0.2) is 30.5 Å². The van der Waals surface area contributed by atoms with E-state index in [-0.39, 0.29) is 11.3 Å². The van der Waals surface area contributed by atoms with Crippen LogP contribution in [0.25, 0.3) is 11.1 Å². The van der Waals surface area contributed by atoms with Gasteiger partial charge in [-0.3, -0.25) is 0 Å². The SMILES string of the molecule is Oc1cnc(F)c(-c2c(Cl)cccc2Cl)c1. The summed E-state index contributed by atoms with van der Waals surface area (Å²) in [5.41, 5.74) is 0.405. The number of benzene rings is 1. The van der Waals surface area contributed by atoms with Crippen LogP contribution >= 0.6 is 23.2 Å². The van der Waals surface area contributed by atoms with Gasteiger partial charge in [-0.2, -0.15) is 4.39 Å². The second kappa shape index (κ2) is 4.28. The van der Waals surface area contributed by atoms with Crippen LogP contribution in [-0.4, -0.2) is 10.1 Å². The molecule has 0 aliphatic rings. The van der Waals surface area contributed by atoms with E-state index < -0.39 is 5.95 Å². The smallest absolute Gasteiger partial charge is 0.221 e. The van der Waals surface area contributed by atoms with Gasteiger partial charge in [-0.15, -0.1) is 0 Å². The first-order chi connectivity index (χ1) is 7.59. The topological polar surface area (TPSA) is 33.1 Å². The molecule has 0 amide bonds. The highest BCUT2D eigenvalue weighted by molar-refractivity contribution is 6.39. The lowest BCUT2D eigenvalue weighted by molar-refractivity contribution is 0.467. The molecular weight excluding hydrogens is 252 g/mol. The van der Waals surface area contributed by atoms with Gasteiger partial charge in [-0.1, -0.05) is 29.3 Å². The van der Waals surface area contributed by atoms with E-state index in [9.17, 15) is 9.50 Å². The molecule has 0 unspecified atom stereocenters. The quantitative estimate of drug-likeness (QED) is 0.787. The average molecular weight is 258 g/mol. The van der Waals surface area contributed by atoms with Crippen molar-refractivity contribution in [2.45, 2.75) is 0 Å². The molecule has 0 spiro atoms. The van der Waals surface area contributed by atoms with Crippen molar-refractivity contribution in [2.24, 2.45) is 0 Å². The maximum absolute atomic E-state index is 13.5. The highest BCUT2D eigenvalue weighted by Crippen LogP contribution is 2.36. The van der Waals surface area contributed by atoms with Crippen LogP contribution in [0.2, 0.25) is 10.0 Å². The fourth-order valence-corrected chi connectivity index (χ4v) is 1.97. The maximum atomic E-state index is 13.5. The van der Waals surface area contributed by atoms with Crippen molar-refractivity contribution in [3.63, 3.8) is 0 Å². The van der Waals surface area contributed by atoms with E-state index >= 15 is 0 Å². The van der Waals surface area contributed by atoms with Crippen LogP contribution in [0.3, 0.4) is 0 Å². The normalized spacial score (nSPS) is 10.4. The van der Waals surface area contributed by atoms with Crippen LogP contribution < -0.4 is 0 Å². The Morgan fingerprint density at radius 2 is 1.81 bits per heavy atom. The number of aromatic nitrogens is 1. The molecule has 0 bridgehead atoms. The molecule has 2 rings (SSSR count). The van der Waals surface area contributed by atoms with Gasteiger partial charge in [0.15, 0.2) is 0 Å². The standard InChI is InChI=1S/C11H6Cl2FNO/c12-8-2-1-3-9(13)10(8)7-4-6(16)5-15-11(7)14/h1-5,16H. The second-order valence-electron chi connectivity index (χ2n) is 3.13. The maximum Gasteiger partial charge on any atom is 0.221 e. The van der Waals surface area contributed by atoms with Gasteiger partial charge in [-0.05, 0) is 18.2 Å². The lowest BCUT2D eigenvalue weighted by atomic mass is 10.1. The van der Waals surface area contributed by atoms with Crippen molar-refractivity contribution in [3.05, 3.63) is 46.5 Å². The molecule has 1 aromatic heterocycles. The summed E-state index contributed by atoms with van der Waals surface area (Å²) >= 11 is 11.9. The van der Waals surface area contributed by atoms with Gasteiger partial charge in [0.1, 0.15) is 5.75 Å². The van der Waals surface area contributed by atoms with Gasteiger partial charge >= 0.3 is 0 Å². The first-order valence-electron chi connectivity index (χ1n) is 4.38. The van der Waals surface area contributed by atoms with Crippen molar-refractivity contribution >= 4 is 23.2 Å². The predicted molar refractivity (Wildman–Crippen MR) is 61.3 cm³/mol. The summed E-state index contributed by atoms with van der Waals surface area (Å²) in [6.07, 6.45) is 1.02. The zero-order valence-corrected chi connectivity index (χ0v) is 9.43. The van der Waals surface area contributed by atoms with Gasteiger partial charge < -0.3 is 5.11 Å². The van der Waals surface area contributed by atoms with E-state index in [1.807, 2.05) is 0 Å². The average Bonchev–Trinajstić information content (AvgIpc) is 2.23. The van der Waals surface area contributed by atoms with Crippen LogP contribution in [0.1, 0.15) is 0 Å². The fourth-order valence-electron chi connectivity index (χ4n) is 1.37. The molecule has 0 saturated carbocycles. The molecule has 82 valence electrons. The Morgan fingerprint density at radius 1 is 1.19 bits per heavy atom. The second-order valence-corrected chi connectivity index (χ2v) is 3.94. The molecule has 2 aromatic rings. The largest absolute Gasteiger partial charge is 0.506 e. The summed E-state index contributed by atoms with van der Waals surface area (Å²) < 4.78 is 13.5. The molecule has 1 N–H and O–H groups in total. The van der Waals surface area contributed by atoms with Crippen LogP contribution in [0.4, 0.5) is 4.39 Å². The minimum atomic E-state index is -0.729. The first-order valence-corrected chi connectivity index (χ1v) is 5.14. The summed E-state index contributed by atoms with van der Waals surface area (Å²) in [5.74, 6) is -0.875. The minimum Gasteiger partial charge on any atom is -0.506 e. The Bertz CT molecular complexity index is 525. The minimum absolute atomic E-state index is 0.0793. The van der Waals surface area contributed by atoms with Crippen LogP contribution in [-0.2, 0) is 0 Å². The van der Waals surface area contributed by atoms with Gasteiger partial charge in [0, 0.05) is 11.1 Å².